The molecular weight excluding hydrogens is 371 g/mol. The van der Waals surface area contributed by atoms with Gasteiger partial charge in [-0.1, -0.05) is 6.92 Å². The Kier molecular flexibility index (Phi) is 3.35. The van der Waals surface area contributed by atoms with Crippen LogP contribution in [0, 0.1) is 3.57 Å². The Bertz CT molecular complexity index is 483. The topological polar surface area (TPSA) is 43.6 Å². The molecule has 0 aliphatic carbocycles. The Morgan fingerprint density at radius 2 is 2.27 bits per heavy atom. The Morgan fingerprint density at radius 1 is 1.47 bits per heavy atom. The Morgan fingerprint density at radius 3 is 2.87 bits per heavy atom. The number of aryl methyl sites for hydroxylation is 1. The summed E-state index contributed by atoms with van der Waals surface area (Å²) in [5.74, 6) is 1.60. The van der Waals surface area contributed by atoms with Crippen molar-refractivity contribution in [3.63, 3.8) is 0 Å². The Hall–Kier alpha value is -0.500. The first kappa shape index (κ1) is 11.0. The van der Waals surface area contributed by atoms with Crippen molar-refractivity contribution in [2.24, 2.45) is 0 Å². The largest absolute Gasteiger partial charge is 0.226 e. The highest BCUT2D eigenvalue weighted by molar-refractivity contribution is 14.1. The summed E-state index contributed by atoms with van der Waals surface area (Å²) in [5.41, 5.74) is 0. The molecule has 0 bridgehead atoms. The third kappa shape index (κ3) is 2.54. The molecule has 0 spiro atoms. The van der Waals surface area contributed by atoms with E-state index in [1.807, 2.05) is 19.2 Å². The van der Waals surface area contributed by atoms with Crippen molar-refractivity contribution in [3.8, 4) is 5.82 Å². The molecule has 2 aromatic heterocycles. The Balaban J connectivity index is 2.48. The van der Waals surface area contributed by atoms with Crippen LogP contribution in [0.2, 0.25) is 0 Å². The van der Waals surface area contributed by atoms with Crippen LogP contribution in [-0.2, 0) is 6.42 Å². The summed E-state index contributed by atoms with van der Waals surface area (Å²) in [7, 11) is 0. The van der Waals surface area contributed by atoms with Gasteiger partial charge >= 0.3 is 0 Å². The van der Waals surface area contributed by atoms with Gasteiger partial charge in [0.15, 0.2) is 5.82 Å². The molecule has 2 rings (SSSR count). The maximum Gasteiger partial charge on any atom is 0.158 e. The second kappa shape index (κ2) is 4.56. The molecule has 0 amide bonds. The van der Waals surface area contributed by atoms with Crippen molar-refractivity contribution in [1.29, 1.82) is 0 Å². The summed E-state index contributed by atoms with van der Waals surface area (Å²) in [4.78, 5) is 8.64. The van der Waals surface area contributed by atoms with E-state index in [4.69, 9.17) is 0 Å². The summed E-state index contributed by atoms with van der Waals surface area (Å²) in [6.07, 6.45) is 4.53. The highest BCUT2D eigenvalue weighted by atomic mass is 127. The third-order valence-corrected chi connectivity index (χ3v) is 2.79. The van der Waals surface area contributed by atoms with E-state index in [0.29, 0.717) is 0 Å². The molecule has 0 saturated carbocycles. The van der Waals surface area contributed by atoms with E-state index in [2.05, 4.69) is 53.6 Å². The lowest BCUT2D eigenvalue weighted by Crippen LogP contribution is -2.02. The molecule has 0 atom stereocenters. The highest BCUT2D eigenvalue weighted by Gasteiger charge is 2.04. The fraction of sp³-hybridized carbons (Fsp3) is 0.222. The lowest BCUT2D eigenvalue weighted by Gasteiger charge is -2.03. The predicted octanol–water partition coefficient (Wildman–Crippen LogP) is 2.59. The number of rotatable bonds is 2. The molecule has 0 aliphatic heterocycles. The zero-order valence-electron chi connectivity index (χ0n) is 7.98. The van der Waals surface area contributed by atoms with Gasteiger partial charge in [0.25, 0.3) is 0 Å². The summed E-state index contributed by atoms with van der Waals surface area (Å²) < 4.78 is 3.61. The van der Waals surface area contributed by atoms with E-state index in [1.165, 1.54) is 0 Å². The normalized spacial score (nSPS) is 10.6. The second-order valence-electron chi connectivity index (χ2n) is 2.92. The van der Waals surface area contributed by atoms with Gasteiger partial charge in [0.2, 0.25) is 0 Å². The molecule has 0 radical (unpaired) electrons. The van der Waals surface area contributed by atoms with Gasteiger partial charge in [-0.3, -0.25) is 0 Å². The fourth-order valence-electron chi connectivity index (χ4n) is 1.15. The van der Waals surface area contributed by atoms with E-state index in [9.17, 15) is 0 Å². The first-order valence-corrected chi connectivity index (χ1v) is 6.30. The molecule has 78 valence electrons. The van der Waals surface area contributed by atoms with Crippen molar-refractivity contribution in [3.05, 3.63) is 32.5 Å². The van der Waals surface area contributed by atoms with Crippen LogP contribution in [0.25, 0.3) is 5.82 Å². The third-order valence-electron chi connectivity index (χ3n) is 1.83. The SMILES string of the molecule is CCc1nc(Br)cc(-n2cc(I)cn2)n1. The number of hydrogen-bond donors (Lipinski definition) is 0. The van der Waals surface area contributed by atoms with Gasteiger partial charge in [0.1, 0.15) is 10.4 Å². The molecule has 4 nitrogen and oxygen atoms in total. The van der Waals surface area contributed by atoms with E-state index in [-0.39, 0.29) is 0 Å². The van der Waals surface area contributed by atoms with Crippen molar-refractivity contribution in [1.82, 2.24) is 19.7 Å². The zero-order valence-corrected chi connectivity index (χ0v) is 11.7. The average molecular weight is 379 g/mol. The molecule has 2 heterocycles. The molecule has 0 unspecified atom stereocenters. The van der Waals surface area contributed by atoms with Gasteiger partial charge < -0.3 is 0 Å². The minimum atomic E-state index is 0.787. The van der Waals surface area contributed by atoms with Crippen LogP contribution in [-0.4, -0.2) is 19.7 Å². The van der Waals surface area contributed by atoms with Crippen LogP contribution in [0.3, 0.4) is 0 Å². The Labute approximate surface area is 109 Å². The van der Waals surface area contributed by atoms with Gasteiger partial charge in [0, 0.05) is 18.7 Å². The zero-order chi connectivity index (χ0) is 10.8. The summed E-state index contributed by atoms with van der Waals surface area (Å²) in [6, 6.07) is 1.85. The number of nitrogens with zero attached hydrogens (tertiary/aromatic N) is 4. The quantitative estimate of drug-likeness (QED) is 0.596. The summed E-state index contributed by atoms with van der Waals surface area (Å²) in [6.45, 7) is 2.03. The lowest BCUT2D eigenvalue weighted by atomic mass is 10.4. The maximum atomic E-state index is 4.39. The highest BCUT2D eigenvalue weighted by Crippen LogP contribution is 2.13. The summed E-state index contributed by atoms with van der Waals surface area (Å²) >= 11 is 5.58. The maximum absolute atomic E-state index is 4.39. The molecule has 0 N–H and O–H groups in total. The van der Waals surface area contributed by atoms with Crippen molar-refractivity contribution < 1.29 is 0 Å². The molecular formula is C9H8BrIN4. The molecule has 0 saturated heterocycles. The van der Waals surface area contributed by atoms with Gasteiger partial charge in [-0.15, -0.1) is 0 Å². The molecule has 0 fully saturated rings. The van der Waals surface area contributed by atoms with Gasteiger partial charge in [0.05, 0.1) is 9.77 Å². The van der Waals surface area contributed by atoms with E-state index in [0.717, 1.165) is 26.2 Å². The second-order valence-corrected chi connectivity index (χ2v) is 4.98. The molecule has 15 heavy (non-hydrogen) atoms. The molecule has 2 aromatic rings. The van der Waals surface area contributed by atoms with Crippen LogP contribution >= 0.6 is 38.5 Å². The number of hydrogen-bond acceptors (Lipinski definition) is 3. The van der Waals surface area contributed by atoms with E-state index in [1.54, 1.807) is 10.9 Å². The van der Waals surface area contributed by atoms with Crippen molar-refractivity contribution >= 4 is 38.5 Å². The lowest BCUT2D eigenvalue weighted by molar-refractivity contribution is 0.808. The van der Waals surface area contributed by atoms with Gasteiger partial charge in [-0.05, 0) is 38.5 Å². The standard InChI is InChI=1S/C9H8BrIN4/c1-2-8-13-7(10)3-9(14-8)15-5-6(11)4-12-15/h3-5H,2H2,1H3. The minimum Gasteiger partial charge on any atom is -0.226 e. The van der Waals surface area contributed by atoms with Crippen LogP contribution in [0.1, 0.15) is 12.7 Å². The van der Waals surface area contributed by atoms with E-state index >= 15 is 0 Å². The van der Waals surface area contributed by atoms with E-state index < -0.39 is 0 Å². The number of halogens is 2. The molecule has 6 heteroatoms. The van der Waals surface area contributed by atoms with Gasteiger partial charge in [-0.2, -0.15) is 5.10 Å². The molecule has 0 aromatic carbocycles. The minimum absolute atomic E-state index is 0.787. The monoisotopic (exact) mass is 378 g/mol. The van der Waals surface area contributed by atoms with Crippen LogP contribution in [0.5, 0.6) is 0 Å². The molecule has 0 aliphatic rings. The first-order valence-electron chi connectivity index (χ1n) is 4.43. The summed E-state index contributed by atoms with van der Waals surface area (Å²) in [5, 5.41) is 4.20. The van der Waals surface area contributed by atoms with Crippen LogP contribution in [0.15, 0.2) is 23.1 Å². The number of aromatic nitrogens is 4. The smallest absolute Gasteiger partial charge is 0.158 e. The van der Waals surface area contributed by atoms with Crippen molar-refractivity contribution in [2.75, 3.05) is 0 Å². The fourth-order valence-corrected chi connectivity index (χ4v) is 1.95. The predicted molar refractivity (Wildman–Crippen MR) is 68.9 cm³/mol. The van der Waals surface area contributed by atoms with Crippen LogP contribution in [0.4, 0.5) is 0 Å². The van der Waals surface area contributed by atoms with Gasteiger partial charge in [-0.25, -0.2) is 14.6 Å². The average Bonchev–Trinajstić information content (AvgIpc) is 2.64. The first-order chi connectivity index (χ1) is 7.19. The van der Waals surface area contributed by atoms with Crippen LogP contribution < -0.4 is 0 Å². The van der Waals surface area contributed by atoms with Crippen molar-refractivity contribution in [2.45, 2.75) is 13.3 Å².